The number of rotatable bonds is 3. The topological polar surface area (TPSA) is 84.2 Å². The first-order valence-electron chi connectivity index (χ1n) is 10.9. The summed E-state index contributed by atoms with van der Waals surface area (Å²) in [5.41, 5.74) is 2.01. The van der Waals surface area contributed by atoms with Crippen LogP contribution in [0.25, 0.3) is 11.0 Å². The monoisotopic (exact) mass is 456 g/mol. The Balaban J connectivity index is 1.61. The van der Waals surface area contributed by atoms with E-state index in [9.17, 15) is 9.59 Å². The van der Waals surface area contributed by atoms with Crippen LogP contribution in [0, 0.1) is 0 Å². The van der Waals surface area contributed by atoms with Gasteiger partial charge in [-0.3, -0.25) is 4.79 Å². The molecule has 2 aliphatic heterocycles. The maximum Gasteiger partial charge on any atom is 0.343 e. The Kier molecular flexibility index (Phi) is 4.42. The van der Waals surface area contributed by atoms with Gasteiger partial charge < -0.3 is 23.4 Å². The number of ether oxygens (including phenoxy) is 4. The minimum absolute atomic E-state index is 0.336. The van der Waals surface area contributed by atoms with Crippen LogP contribution in [-0.4, -0.2) is 13.1 Å². The van der Waals surface area contributed by atoms with E-state index >= 15 is 0 Å². The Labute approximate surface area is 194 Å². The fourth-order valence-corrected chi connectivity index (χ4v) is 4.87. The molecule has 2 aliphatic rings. The molecule has 7 nitrogen and oxygen atoms in total. The number of carbonyl (C=O) groups is 1. The molecule has 0 N–H and O–H groups in total. The molecule has 3 aromatic carbocycles. The molecule has 0 amide bonds. The lowest BCUT2D eigenvalue weighted by molar-refractivity contribution is -0.149. The zero-order valence-corrected chi connectivity index (χ0v) is 18.5. The number of methoxy groups -OCH3 is 1. The first-order valence-corrected chi connectivity index (χ1v) is 10.9. The van der Waals surface area contributed by atoms with Crippen molar-refractivity contribution in [1.82, 2.24) is 0 Å². The van der Waals surface area contributed by atoms with Crippen LogP contribution in [0.5, 0.6) is 23.0 Å². The average Bonchev–Trinajstić information content (AvgIpc) is 2.83. The third-order valence-corrected chi connectivity index (χ3v) is 6.31. The Morgan fingerprint density at radius 1 is 0.971 bits per heavy atom. The molecule has 170 valence electrons. The van der Waals surface area contributed by atoms with E-state index in [0.717, 1.165) is 5.56 Å². The van der Waals surface area contributed by atoms with Gasteiger partial charge in [-0.05, 0) is 42.5 Å². The summed E-state index contributed by atoms with van der Waals surface area (Å²) in [7, 11) is 1.57. The molecule has 4 aromatic rings. The molecular formula is C27H20O7. The second kappa shape index (κ2) is 7.38. The Morgan fingerprint density at radius 2 is 1.74 bits per heavy atom. The van der Waals surface area contributed by atoms with Gasteiger partial charge in [0.15, 0.2) is 11.5 Å². The van der Waals surface area contributed by atoms with Gasteiger partial charge in [0.1, 0.15) is 17.1 Å². The number of hydrogen-bond acceptors (Lipinski definition) is 7. The molecule has 0 fully saturated rings. The van der Waals surface area contributed by atoms with Gasteiger partial charge in [-0.15, -0.1) is 0 Å². The molecule has 0 aliphatic carbocycles. The fraction of sp³-hybridized carbons (Fsp3) is 0.185. The van der Waals surface area contributed by atoms with Gasteiger partial charge in [-0.25, -0.2) is 4.79 Å². The predicted molar refractivity (Wildman–Crippen MR) is 123 cm³/mol. The highest BCUT2D eigenvalue weighted by Gasteiger charge is 2.52. The molecule has 1 aromatic heterocycles. The van der Waals surface area contributed by atoms with Crippen molar-refractivity contribution in [3.8, 4) is 23.0 Å². The molecule has 2 atom stereocenters. The number of benzene rings is 3. The summed E-state index contributed by atoms with van der Waals surface area (Å²) in [5.74, 6) is -0.0501. The molecule has 7 heteroatoms. The molecule has 6 rings (SSSR count). The fourth-order valence-electron chi connectivity index (χ4n) is 4.87. The first-order chi connectivity index (χ1) is 16.5. The number of hydrogen-bond donors (Lipinski definition) is 0. The highest BCUT2D eigenvalue weighted by Crippen LogP contribution is 2.57. The molecule has 0 saturated heterocycles. The normalized spacial score (nSPS) is 19.9. The number of esters is 1. The van der Waals surface area contributed by atoms with Crippen molar-refractivity contribution >= 4 is 16.9 Å². The summed E-state index contributed by atoms with van der Waals surface area (Å²) in [6.45, 7) is 1.35. The molecule has 0 saturated carbocycles. The van der Waals surface area contributed by atoms with E-state index in [2.05, 4.69) is 0 Å². The van der Waals surface area contributed by atoms with Crippen LogP contribution in [0.4, 0.5) is 0 Å². The van der Waals surface area contributed by atoms with Crippen LogP contribution >= 0.6 is 0 Å². The van der Waals surface area contributed by atoms with E-state index in [-0.39, 0.29) is 5.92 Å². The van der Waals surface area contributed by atoms with Crippen molar-refractivity contribution in [3.05, 3.63) is 93.8 Å². The highest BCUT2D eigenvalue weighted by molar-refractivity contribution is 5.85. The molecule has 2 unspecified atom stereocenters. The highest BCUT2D eigenvalue weighted by atomic mass is 16.7. The van der Waals surface area contributed by atoms with Gasteiger partial charge in [0.25, 0.3) is 5.79 Å². The lowest BCUT2D eigenvalue weighted by Crippen LogP contribution is -2.48. The van der Waals surface area contributed by atoms with Crippen molar-refractivity contribution in [2.45, 2.75) is 25.0 Å². The average molecular weight is 456 g/mol. The Hall–Kier alpha value is -4.26. The summed E-state index contributed by atoms with van der Waals surface area (Å²) in [4.78, 5) is 24.5. The number of carbonyl (C=O) groups excluding carboxylic acids is 1. The summed E-state index contributed by atoms with van der Waals surface area (Å²) >= 11 is 0. The lowest BCUT2D eigenvalue weighted by Gasteiger charge is -2.46. The maximum absolute atomic E-state index is 13.2. The van der Waals surface area contributed by atoms with Crippen LogP contribution in [0.1, 0.15) is 36.0 Å². The van der Waals surface area contributed by atoms with Crippen molar-refractivity contribution in [3.63, 3.8) is 0 Å². The second-order valence-corrected chi connectivity index (χ2v) is 8.34. The minimum Gasteiger partial charge on any atom is -0.493 e. The third-order valence-electron chi connectivity index (χ3n) is 6.31. The predicted octanol–water partition coefficient (Wildman–Crippen LogP) is 4.89. The first kappa shape index (κ1) is 20.4. The smallest absolute Gasteiger partial charge is 0.343 e. The standard InChI is InChI=1S/C27H20O7/c1-15(28)31-17-12-10-16(11-13-17)27-14-20(18-7-5-9-22(30-2)24(18)33-27)23-25(34-27)19-6-3-4-8-21(19)32-26(23)29/h3-13,20H,14H2,1-2H3. The van der Waals surface area contributed by atoms with Gasteiger partial charge in [0.05, 0.1) is 18.1 Å². The van der Waals surface area contributed by atoms with Crippen molar-refractivity contribution in [2.24, 2.45) is 0 Å². The minimum atomic E-state index is -1.23. The summed E-state index contributed by atoms with van der Waals surface area (Å²) in [6, 6.07) is 19.9. The van der Waals surface area contributed by atoms with Crippen LogP contribution in [0.3, 0.4) is 0 Å². The van der Waals surface area contributed by atoms with Crippen molar-refractivity contribution in [2.75, 3.05) is 7.11 Å². The zero-order chi connectivity index (χ0) is 23.4. The van der Waals surface area contributed by atoms with E-state index < -0.39 is 17.4 Å². The molecule has 0 spiro atoms. The van der Waals surface area contributed by atoms with E-state index in [1.165, 1.54) is 6.92 Å². The van der Waals surface area contributed by atoms with E-state index in [4.69, 9.17) is 23.4 Å². The summed E-state index contributed by atoms with van der Waals surface area (Å²) in [6.07, 6.45) is 0.357. The SMILES string of the molecule is COc1cccc2c1OC1(c3ccc(OC(C)=O)cc3)CC2c2c(c3ccccc3oc2=O)O1. The van der Waals surface area contributed by atoms with E-state index in [0.29, 0.717) is 51.5 Å². The second-order valence-electron chi connectivity index (χ2n) is 8.34. The quantitative estimate of drug-likeness (QED) is 0.247. The van der Waals surface area contributed by atoms with Gasteiger partial charge in [0.2, 0.25) is 0 Å². The van der Waals surface area contributed by atoms with Crippen LogP contribution in [0.15, 0.2) is 75.9 Å². The number of fused-ring (bicyclic) bond motifs is 8. The van der Waals surface area contributed by atoms with Crippen LogP contribution < -0.4 is 24.6 Å². The van der Waals surface area contributed by atoms with Crippen LogP contribution in [0.2, 0.25) is 0 Å². The Morgan fingerprint density at radius 3 is 2.50 bits per heavy atom. The summed E-state index contributed by atoms with van der Waals surface area (Å²) < 4.78 is 29.6. The van der Waals surface area contributed by atoms with Gasteiger partial charge in [-0.2, -0.15) is 0 Å². The van der Waals surface area contributed by atoms with Crippen LogP contribution in [-0.2, 0) is 10.6 Å². The molecule has 3 heterocycles. The third kappa shape index (κ3) is 2.97. The largest absolute Gasteiger partial charge is 0.493 e. The molecule has 2 bridgehead atoms. The zero-order valence-electron chi connectivity index (χ0n) is 18.5. The van der Waals surface area contributed by atoms with Gasteiger partial charge >= 0.3 is 11.6 Å². The van der Waals surface area contributed by atoms with Crippen molar-refractivity contribution < 1.29 is 28.2 Å². The number of para-hydroxylation sites is 2. The van der Waals surface area contributed by atoms with Crippen molar-refractivity contribution in [1.29, 1.82) is 0 Å². The Bertz CT molecular complexity index is 1500. The van der Waals surface area contributed by atoms with Gasteiger partial charge in [0, 0.05) is 30.4 Å². The molecule has 0 radical (unpaired) electrons. The van der Waals surface area contributed by atoms with E-state index in [1.54, 1.807) is 43.5 Å². The molecular weight excluding hydrogens is 436 g/mol. The maximum atomic E-state index is 13.2. The lowest BCUT2D eigenvalue weighted by atomic mass is 9.78. The van der Waals surface area contributed by atoms with Gasteiger partial charge in [-0.1, -0.05) is 24.3 Å². The summed E-state index contributed by atoms with van der Waals surface area (Å²) in [5, 5.41) is 0.692. The van der Waals surface area contributed by atoms with E-state index in [1.807, 2.05) is 30.3 Å². The molecule has 34 heavy (non-hydrogen) atoms.